The smallest absolute Gasteiger partial charge is 0.338 e. The molecule has 0 aliphatic heterocycles. The predicted octanol–water partition coefficient (Wildman–Crippen LogP) is 2.75. The van der Waals surface area contributed by atoms with E-state index in [1.165, 1.54) is 6.92 Å². The van der Waals surface area contributed by atoms with Gasteiger partial charge >= 0.3 is 5.97 Å². The van der Waals surface area contributed by atoms with Gasteiger partial charge in [0.05, 0.1) is 5.56 Å². The van der Waals surface area contributed by atoms with Crippen molar-refractivity contribution >= 4 is 29.2 Å². The van der Waals surface area contributed by atoms with Crippen molar-refractivity contribution in [2.24, 2.45) is 0 Å². The number of aryl methyl sites for hydroxylation is 1. The van der Waals surface area contributed by atoms with Gasteiger partial charge in [-0.25, -0.2) is 4.79 Å². The van der Waals surface area contributed by atoms with Gasteiger partial charge in [0.15, 0.2) is 6.61 Å². The lowest BCUT2D eigenvalue weighted by atomic mass is 10.1. The number of hydrogen-bond acceptors (Lipinski definition) is 4. The fourth-order valence-corrected chi connectivity index (χ4v) is 2.05. The highest BCUT2D eigenvalue weighted by molar-refractivity contribution is 5.96. The topological polar surface area (TPSA) is 84.5 Å². The van der Waals surface area contributed by atoms with Gasteiger partial charge in [-0.15, -0.1) is 0 Å². The van der Waals surface area contributed by atoms with E-state index < -0.39 is 11.9 Å². The van der Waals surface area contributed by atoms with E-state index in [0.29, 0.717) is 16.9 Å². The number of amides is 2. The number of hydrogen-bond donors (Lipinski definition) is 2. The zero-order valence-corrected chi connectivity index (χ0v) is 13.5. The fraction of sp³-hybridized carbons (Fsp3) is 0.167. The van der Waals surface area contributed by atoms with Crippen molar-refractivity contribution in [3.05, 3.63) is 59.7 Å². The maximum atomic E-state index is 11.9. The summed E-state index contributed by atoms with van der Waals surface area (Å²) in [7, 11) is 0. The number of rotatable bonds is 5. The molecule has 6 heteroatoms. The van der Waals surface area contributed by atoms with Gasteiger partial charge in [0.2, 0.25) is 5.91 Å². The number of anilines is 2. The number of carbonyl (C=O) groups is 3. The van der Waals surface area contributed by atoms with Crippen molar-refractivity contribution in [1.29, 1.82) is 0 Å². The zero-order valence-electron chi connectivity index (χ0n) is 13.5. The Balaban J connectivity index is 1.86. The Bertz CT molecular complexity index is 754. The molecule has 0 fully saturated rings. The van der Waals surface area contributed by atoms with E-state index in [0.717, 1.165) is 5.56 Å². The number of esters is 1. The van der Waals surface area contributed by atoms with E-state index in [9.17, 15) is 14.4 Å². The quantitative estimate of drug-likeness (QED) is 0.828. The van der Waals surface area contributed by atoms with Gasteiger partial charge in [-0.3, -0.25) is 9.59 Å². The van der Waals surface area contributed by atoms with Crippen molar-refractivity contribution < 1.29 is 19.1 Å². The first-order valence-corrected chi connectivity index (χ1v) is 7.36. The average molecular weight is 326 g/mol. The van der Waals surface area contributed by atoms with Crippen molar-refractivity contribution in [3.8, 4) is 0 Å². The molecule has 24 heavy (non-hydrogen) atoms. The highest BCUT2D eigenvalue weighted by atomic mass is 16.5. The molecule has 0 saturated carbocycles. The normalized spacial score (nSPS) is 9.92. The number of ether oxygens (including phenoxy) is 1. The third kappa shape index (κ3) is 4.95. The molecule has 0 saturated heterocycles. The van der Waals surface area contributed by atoms with Crippen molar-refractivity contribution in [1.82, 2.24) is 0 Å². The Morgan fingerprint density at radius 2 is 1.50 bits per heavy atom. The van der Waals surface area contributed by atoms with E-state index in [1.807, 2.05) is 6.07 Å². The van der Waals surface area contributed by atoms with Crippen LogP contribution in [0.15, 0.2) is 48.5 Å². The summed E-state index contributed by atoms with van der Waals surface area (Å²) >= 11 is 0. The minimum atomic E-state index is -0.538. The monoisotopic (exact) mass is 326 g/mol. The molecule has 2 N–H and O–H groups in total. The van der Waals surface area contributed by atoms with Crippen LogP contribution in [-0.2, 0) is 14.3 Å². The molecule has 2 aromatic rings. The van der Waals surface area contributed by atoms with E-state index in [1.54, 1.807) is 49.4 Å². The molecule has 0 aliphatic carbocycles. The van der Waals surface area contributed by atoms with E-state index in [2.05, 4.69) is 10.6 Å². The fourth-order valence-electron chi connectivity index (χ4n) is 2.05. The third-order valence-corrected chi connectivity index (χ3v) is 3.19. The van der Waals surface area contributed by atoms with Crippen LogP contribution in [-0.4, -0.2) is 24.4 Å². The van der Waals surface area contributed by atoms with Crippen LogP contribution < -0.4 is 10.6 Å². The van der Waals surface area contributed by atoms with Gasteiger partial charge in [0, 0.05) is 18.3 Å². The summed E-state index contributed by atoms with van der Waals surface area (Å²) in [4.78, 5) is 34.7. The van der Waals surface area contributed by atoms with Crippen LogP contribution in [0.1, 0.15) is 22.8 Å². The molecule has 2 aromatic carbocycles. The second kappa shape index (κ2) is 7.92. The first-order valence-electron chi connectivity index (χ1n) is 7.36. The van der Waals surface area contributed by atoms with Crippen LogP contribution in [0.5, 0.6) is 0 Å². The van der Waals surface area contributed by atoms with E-state index in [-0.39, 0.29) is 12.5 Å². The molecular formula is C18H18N2O4. The first kappa shape index (κ1) is 17.2. The Morgan fingerprint density at radius 3 is 2.08 bits per heavy atom. The summed E-state index contributed by atoms with van der Waals surface area (Å²) in [5.41, 5.74) is 2.40. The number of benzene rings is 2. The van der Waals surface area contributed by atoms with E-state index in [4.69, 9.17) is 4.74 Å². The van der Waals surface area contributed by atoms with Crippen molar-refractivity contribution in [2.75, 3.05) is 17.2 Å². The minimum Gasteiger partial charge on any atom is -0.452 e. The molecule has 0 spiro atoms. The molecule has 0 bridgehead atoms. The molecule has 124 valence electrons. The Kier molecular flexibility index (Phi) is 5.68. The van der Waals surface area contributed by atoms with Crippen LogP contribution >= 0.6 is 0 Å². The molecular weight excluding hydrogens is 308 g/mol. The highest BCUT2D eigenvalue weighted by Crippen LogP contribution is 2.13. The minimum absolute atomic E-state index is 0.171. The van der Waals surface area contributed by atoms with E-state index >= 15 is 0 Å². The Hall–Kier alpha value is -3.15. The molecule has 0 unspecified atom stereocenters. The van der Waals surface area contributed by atoms with Gasteiger partial charge in [0.1, 0.15) is 0 Å². The van der Waals surface area contributed by atoms with Crippen LogP contribution in [0, 0.1) is 6.92 Å². The van der Waals surface area contributed by atoms with Crippen molar-refractivity contribution in [3.63, 3.8) is 0 Å². The highest BCUT2D eigenvalue weighted by Gasteiger charge is 2.12. The van der Waals surface area contributed by atoms with Crippen LogP contribution in [0.3, 0.4) is 0 Å². The maximum Gasteiger partial charge on any atom is 0.338 e. The first-order chi connectivity index (χ1) is 11.5. The van der Waals surface area contributed by atoms with Crippen LogP contribution in [0.2, 0.25) is 0 Å². The van der Waals surface area contributed by atoms with Crippen LogP contribution in [0.25, 0.3) is 0 Å². The summed E-state index contributed by atoms with van der Waals surface area (Å²) in [5.74, 6) is -1.15. The molecule has 0 aliphatic rings. The summed E-state index contributed by atoms with van der Waals surface area (Å²) in [5, 5.41) is 5.24. The lowest BCUT2D eigenvalue weighted by molar-refractivity contribution is -0.119. The number of carbonyl (C=O) groups excluding carboxylic acids is 3. The molecule has 2 rings (SSSR count). The van der Waals surface area contributed by atoms with Gasteiger partial charge in [-0.1, -0.05) is 18.2 Å². The van der Waals surface area contributed by atoms with Crippen molar-refractivity contribution in [2.45, 2.75) is 13.8 Å². The Labute approximate surface area is 139 Å². The summed E-state index contributed by atoms with van der Waals surface area (Å²) in [6.45, 7) is 2.84. The zero-order chi connectivity index (χ0) is 17.5. The molecule has 0 atom stereocenters. The van der Waals surface area contributed by atoms with Crippen LogP contribution in [0.4, 0.5) is 11.4 Å². The number of nitrogens with one attached hydrogen (secondary N) is 2. The second-order valence-electron chi connectivity index (χ2n) is 5.20. The molecule has 0 radical (unpaired) electrons. The van der Waals surface area contributed by atoms with Gasteiger partial charge in [-0.05, 0) is 42.8 Å². The van der Waals surface area contributed by atoms with Gasteiger partial charge < -0.3 is 15.4 Å². The molecule has 0 heterocycles. The van der Waals surface area contributed by atoms with Gasteiger partial charge in [0.25, 0.3) is 5.91 Å². The standard InChI is InChI=1S/C18H18N2O4/c1-12-5-3-4-6-16(12)18(23)24-11-17(22)20-15-9-7-14(8-10-15)19-13(2)21/h3-10H,11H2,1-2H3,(H,19,21)(H,20,22). The maximum absolute atomic E-state index is 11.9. The third-order valence-electron chi connectivity index (χ3n) is 3.19. The lowest BCUT2D eigenvalue weighted by Crippen LogP contribution is -2.21. The summed E-state index contributed by atoms with van der Waals surface area (Å²) in [6.07, 6.45) is 0. The SMILES string of the molecule is CC(=O)Nc1ccc(NC(=O)COC(=O)c2ccccc2C)cc1. The lowest BCUT2D eigenvalue weighted by Gasteiger charge is -2.08. The Morgan fingerprint density at radius 1 is 0.917 bits per heavy atom. The summed E-state index contributed by atoms with van der Waals surface area (Å²) < 4.78 is 5.01. The summed E-state index contributed by atoms with van der Waals surface area (Å²) in [6, 6.07) is 13.6. The molecule has 0 aromatic heterocycles. The second-order valence-corrected chi connectivity index (χ2v) is 5.20. The average Bonchev–Trinajstić information content (AvgIpc) is 2.54. The van der Waals surface area contributed by atoms with Gasteiger partial charge in [-0.2, -0.15) is 0 Å². The predicted molar refractivity (Wildman–Crippen MR) is 90.8 cm³/mol. The molecule has 2 amide bonds. The molecule has 6 nitrogen and oxygen atoms in total. The largest absolute Gasteiger partial charge is 0.452 e.